The van der Waals surface area contributed by atoms with E-state index in [1.807, 2.05) is 54.2 Å². The molecule has 0 aliphatic rings. The summed E-state index contributed by atoms with van der Waals surface area (Å²) in [7, 11) is 0. The molecular weight excluding hydrogens is 428 g/mol. The van der Waals surface area contributed by atoms with Crippen LogP contribution in [0.25, 0.3) is 27.9 Å². The molecule has 9 nitrogen and oxygen atoms in total. The van der Waals surface area contributed by atoms with Crippen molar-refractivity contribution in [3.05, 3.63) is 59.8 Å². The lowest BCUT2D eigenvalue weighted by molar-refractivity contribution is 0.328. The minimum Gasteiger partial charge on any atom is -0.477 e. The number of aryl methyl sites for hydroxylation is 2. The molecule has 9 heteroatoms. The van der Waals surface area contributed by atoms with Gasteiger partial charge in [-0.3, -0.25) is 9.08 Å². The summed E-state index contributed by atoms with van der Waals surface area (Å²) in [5.41, 5.74) is 7.19. The van der Waals surface area contributed by atoms with Gasteiger partial charge in [0, 0.05) is 30.5 Å². The van der Waals surface area contributed by atoms with E-state index in [1.165, 1.54) is 0 Å². The van der Waals surface area contributed by atoms with Gasteiger partial charge >= 0.3 is 0 Å². The maximum absolute atomic E-state index is 5.79. The number of hydrogen-bond acceptors (Lipinski definition) is 7. The van der Waals surface area contributed by atoms with Gasteiger partial charge in [0.2, 0.25) is 5.88 Å². The molecule has 174 valence electrons. The molecule has 5 rings (SSSR count). The minimum absolute atomic E-state index is 0.185. The molecule has 34 heavy (non-hydrogen) atoms. The number of aromatic nitrogens is 7. The van der Waals surface area contributed by atoms with Crippen molar-refractivity contribution in [2.45, 2.75) is 47.2 Å². The number of fused-ring (bicyclic) bond motifs is 2. The molecule has 0 unspecified atom stereocenters. The Morgan fingerprint density at radius 2 is 1.97 bits per heavy atom. The quantitative estimate of drug-likeness (QED) is 0.378. The average molecular weight is 457 g/mol. The van der Waals surface area contributed by atoms with E-state index in [0.717, 1.165) is 50.7 Å². The summed E-state index contributed by atoms with van der Waals surface area (Å²) in [4.78, 5) is 9.41. The highest BCUT2D eigenvalue weighted by molar-refractivity contribution is 5.93. The van der Waals surface area contributed by atoms with Crippen LogP contribution in [0.5, 0.6) is 5.88 Å². The van der Waals surface area contributed by atoms with Crippen LogP contribution in [-0.2, 0) is 6.54 Å². The largest absolute Gasteiger partial charge is 0.477 e. The van der Waals surface area contributed by atoms with E-state index in [-0.39, 0.29) is 6.04 Å². The second kappa shape index (κ2) is 8.74. The normalized spacial score (nSPS) is 11.6. The molecule has 0 saturated heterocycles. The Labute approximate surface area is 197 Å². The molecule has 0 aromatic carbocycles. The topological polar surface area (TPSA) is 95.1 Å². The van der Waals surface area contributed by atoms with Crippen LogP contribution in [0.3, 0.4) is 0 Å². The molecule has 5 aromatic rings. The zero-order valence-corrected chi connectivity index (χ0v) is 20.1. The lowest BCUT2D eigenvalue weighted by Gasteiger charge is -2.15. The van der Waals surface area contributed by atoms with Gasteiger partial charge in [-0.05, 0) is 58.9 Å². The first-order valence-corrected chi connectivity index (χ1v) is 11.5. The Morgan fingerprint density at radius 3 is 2.76 bits per heavy atom. The summed E-state index contributed by atoms with van der Waals surface area (Å²) in [6.45, 7) is 11.2. The van der Waals surface area contributed by atoms with Gasteiger partial charge in [-0.1, -0.05) is 6.07 Å². The molecule has 0 saturated carbocycles. The van der Waals surface area contributed by atoms with Crippen LogP contribution in [-0.4, -0.2) is 41.0 Å². The molecule has 0 fully saturated rings. The van der Waals surface area contributed by atoms with Crippen LogP contribution in [0, 0.1) is 13.8 Å². The van der Waals surface area contributed by atoms with Crippen LogP contribution in [0.2, 0.25) is 0 Å². The molecular formula is C25H28N8O. The van der Waals surface area contributed by atoms with Crippen molar-refractivity contribution in [1.82, 2.24) is 34.3 Å². The molecule has 5 heterocycles. The van der Waals surface area contributed by atoms with Gasteiger partial charge in [0.25, 0.3) is 0 Å². The van der Waals surface area contributed by atoms with E-state index in [0.29, 0.717) is 19.0 Å². The highest BCUT2D eigenvalue weighted by Crippen LogP contribution is 2.34. The molecule has 0 bridgehead atoms. The Hall–Kier alpha value is -4.01. The Balaban J connectivity index is 1.64. The van der Waals surface area contributed by atoms with Gasteiger partial charge in [-0.2, -0.15) is 5.10 Å². The summed E-state index contributed by atoms with van der Waals surface area (Å²) in [6.07, 6.45) is 3.71. The van der Waals surface area contributed by atoms with E-state index in [1.54, 1.807) is 6.20 Å². The first kappa shape index (κ1) is 21.8. The fraction of sp³-hybridized carbons (Fsp3) is 0.320. The maximum Gasteiger partial charge on any atom is 0.222 e. The first-order valence-electron chi connectivity index (χ1n) is 11.5. The number of rotatable bonds is 7. The van der Waals surface area contributed by atoms with Crippen molar-refractivity contribution in [1.29, 1.82) is 0 Å². The van der Waals surface area contributed by atoms with Gasteiger partial charge in [-0.15, -0.1) is 10.2 Å². The average Bonchev–Trinajstić information content (AvgIpc) is 3.39. The van der Waals surface area contributed by atoms with E-state index in [2.05, 4.69) is 46.5 Å². The van der Waals surface area contributed by atoms with Crippen molar-refractivity contribution < 1.29 is 4.74 Å². The lowest BCUT2D eigenvalue weighted by atomic mass is 10.1. The van der Waals surface area contributed by atoms with Crippen LogP contribution >= 0.6 is 0 Å². The zero-order chi connectivity index (χ0) is 23.8. The Bertz CT molecular complexity index is 1480. The van der Waals surface area contributed by atoms with Crippen LogP contribution < -0.4 is 10.1 Å². The highest BCUT2D eigenvalue weighted by Gasteiger charge is 2.19. The van der Waals surface area contributed by atoms with Crippen molar-refractivity contribution in [3.8, 4) is 17.1 Å². The predicted octanol–water partition coefficient (Wildman–Crippen LogP) is 4.74. The second-order valence-corrected chi connectivity index (χ2v) is 8.49. The molecule has 0 amide bonds. The third kappa shape index (κ3) is 3.72. The van der Waals surface area contributed by atoms with Crippen LogP contribution in [0.4, 0.5) is 5.69 Å². The summed E-state index contributed by atoms with van der Waals surface area (Å²) in [5.74, 6) is 1.43. The van der Waals surface area contributed by atoms with Crippen molar-refractivity contribution in [3.63, 3.8) is 0 Å². The van der Waals surface area contributed by atoms with Crippen LogP contribution in [0.15, 0.2) is 42.7 Å². The smallest absolute Gasteiger partial charge is 0.222 e. The Kier molecular flexibility index (Phi) is 5.61. The molecule has 0 radical (unpaired) electrons. The summed E-state index contributed by atoms with van der Waals surface area (Å²) in [6, 6.07) is 10.2. The van der Waals surface area contributed by atoms with Crippen LogP contribution in [0.1, 0.15) is 43.9 Å². The number of pyridine rings is 3. The fourth-order valence-corrected chi connectivity index (χ4v) is 4.18. The monoisotopic (exact) mass is 456 g/mol. The van der Waals surface area contributed by atoms with E-state index < -0.39 is 0 Å². The molecule has 0 aliphatic carbocycles. The SMILES string of the molecule is CCOc1ncccc1-c1cc(NCc2cccn3c(C)nnc23)c2c(n1)c(C)nn2C(C)C. The molecule has 1 N–H and O–H groups in total. The van der Waals surface area contributed by atoms with E-state index in [4.69, 9.17) is 14.8 Å². The number of anilines is 1. The standard InChI is InChI=1S/C25H28N8O/c1-6-34-25-19(10-7-11-26-25)20-13-21(23-22(28-20)16(4)31-33(23)15(2)3)27-14-18-9-8-12-32-17(5)29-30-24(18)32/h7-13,15H,6,14H2,1-5H3,(H,27,28). The number of hydrogen-bond donors (Lipinski definition) is 1. The zero-order valence-electron chi connectivity index (χ0n) is 20.1. The van der Waals surface area contributed by atoms with Gasteiger partial charge in [0.15, 0.2) is 5.65 Å². The van der Waals surface area contributed by atoms with Gasteiger partial charge < -0.3 is 10.1 Å². The predicted molar refractivity (Wildman–Crippen MR) is 132 cm³/mol. The maximum atomic E-state index is 5.79. The van der Waals surface area contributed by atoms with Gasteiger partial charge in [-0.25, -0.2) is 9.97 Å². The summed E-state index contributed by atoms with van der Waals surface area (Å²) < 4.78 is 9.81. The number of nitrogens with zero attached hydrogens (tertiary/aromatic N) is 7. The van der Waals surface area contributed by atoms with Crippen molar-refractivity contribution in [2.75, 3.05) is 11.9 Å². The van der Waals surface area contributed by atoms with E-state index in [9.17, 15) is 0 Å². The first-order chi connectivity index (χ1) is 16.5. The summed E-state index contributed by atoms with van der Waals surface area (Å²) in [5, 5.41) is 17.0. The second-order valence-electron chi connectivity index (χ2n) is 8.49. The van der Waals surface area contributed by atoms with Gasteiger partial charge in [0.1, 0.15) is 16.9 Å². The van der Waals surface area contributed by atoms with E-state index >= 15 is 0 Å². The summed E-state index contributed by atoms with van der Waals surface area (Å²) >= 11 is 0. The third-order valence-electron chi connectivity index (χ3n) is 5.79. The minimum atomic E-state index is 0.185. The molecule has 0 spiro atoms. The Morgan fingerprint density at radius 1 is 1.12 bits per heavy atom. The molecule has 0 aliphatic heterocycles. The number of ether oxygens (including phenoxy) is 1. The molecule has 0 atom stereocenters. The number of nitrogens with one attached hydrogen (secondary N) is 1. The third-order valence-corrected chi connectivity index (χ3v) is 5.79. The fourth-order valence-electron chi connectivity index (χ4n) is 4.18. The van der Waals surface area contributed by atoms with Crippen molar-refractivity contribution in [2.24, 2.45) is 0 Å². The van der Waals surface area contributed by atoms with Crippen molar-refractivity contribution >= 4 is 22.4 Å². The highest BCUT2D eigenvalue weighted by atomic mass is 16.5. The molecule has 5 aromatic heterocycles. The van der Waals surface area contributed by atoms with Gasteiger partial charge in [0.05, 0.1) is 29.2 Å². The lowest BCUT2D eigenvalue weighted by Crippen LogP contribution is -2.08.